The molecule has 1 unspecified atom stereocenters. The van der Waals surface area contributed by atoms with Crippen molar-refractivity contribution < 1.29 is 9.59 Å². The zero-order valence-electron chi connectivity index (χ0n) is 14.9. The number of nitrogens with one attached hydrogen (secondary N) is 1. The SMILES string of the molecule is Cc1ccccc1C1CCCN1C(=O)C(C)(C)NC(=O)c1cccs1. The molecule has 0 bridgehead atoms. The second-order valence-corrected chi connectivity index (χ2v) is 8.02. The molecule has 1 aromatic carbocycles. The van der Waals surface area contributed by atoms with Gasteiger partial charge in [-0.1, -0.05) is 30.3 Å². The van der Waals surface area contributed by atoms with Crippen molar-refractivity contribution in [1.82, 2.24) is 10.2 Å². The predicted molar refractivity (Wildman–Crippen MR) is 101 cm³/mol. The van der Waals surface area contributed by atoms with E-state index in [2.05, 4.69) is 24.4 Å². The van der Waals surface area contributed by atoms with Crippen molar-refractivity contribution in [1.29, 1.82) is 0 Å². The van der Waals surface area contributed by atoms with Gasteiger partial charge in [-0.3, -0.25) is 9.59 Å². The standard InChI is InChI=1S/C20H24N2O2S/c1-14-8-4-5-9-15(14)16-10-6-12-22(16)19(24)20(2,3)21-18(23)17-11-7-13-25-17/h4-5,7-9,11,13,16H,6,10,12H2,1-3H3,(H,21,23). The summed E-state index contributed by atoms with van der Waals surface area (Å²) < 4.78 is 0. The first-order valence-electron chi connectivity index (χ1n) is 8.63. The van der Waals surface area contributed by atoms with Gasteiger partial charge in [0.05, 0.1) is 10.9 Å². The summed E-state index contributed by atoms with van der Waals surface area (Å²) in [6.45, 7) is 6.39. The lowest BCUT2D eigenvalue weighted by Crippen LogP contribution is -2.55. The van der Waals surface area contributed by atoms with E-state index < -0.39 is 5.54 Å². The Morgan fingerprint density at radius 3 is 2.64 bits per heavy atom. The molecule has 1 aliphatic heterocycles. The number of rotatable bonds is 4. The predicted octanol–water partition coefficient (Wildman–Crippen LogP) is 3.93. The fourth-order valence-electron chi connectivity index (χ4n) is 3.46. The monoisotopic (exact) mass is 356 g/mol. The van der Waals surface area contributed by atoms with Gasteiger partial charge in [-0.15, -0.1) is 11.3 Å². The van der Waals surface area contributed by atoms with E-state index in [0.29, 0.717) is 4.88 Å². The molecule has 1 saturated heterocycles. The molecule has 2 heterocycles. The fraction of sp³-hybridized carbons (Fsp3) is 0.400. The zero-order chi connectivity index (χ0) is 18.0. The Morgan fingerprint density at radius 2 is 1.96 bits per heavy atom. The molecule has 3 rings (SSSR count). The Hall–Kier alpha value is -2.14. The van der Waals surface area contributed by atoms with Crippen molar-refractivity contribution in [3.05, 3.63) is 57.8 Å². The number of thiophene rings is 1. The number of aryl methyl sites for hydroxylation is 1. The summed E-state index contributed by atoms with van der Waals surface area (Å²) >= 11 is 1.38. The van der Waals surface area contributed by atoms with Crippen LogP contribution in [0, 0.1) is 6.92 Å². The molecule has 1 aromatic heterocycles. The Bertz CT molecular complexity index is 768. The van der Waals surface area contributed by atoms with Gasteiger partial charge in [-0.25, -0.2) is 0 Å². The molecular formula is C20H24N2O2S. The van der Waals surface area contributed by atoms with Crippen LogP contribution in [0.1, 0.15) is 53.5 Å². The van der Waals surface area contributed by atoms with Crippen LogP contribution >= 0.6 is 11.3 Å². The lowest BCUT2D eigenvalue weighted by atomic mass is 9.97. The zero-order valence-corrected chi connectivity index (χ0v) is 15.7. The molecule has 2 amide bonds. The van der Waals surface area contributed by atoms with E-state index >= 15 is 0 Å². The average Bonchev–Trinajstić information content (AvgIpc) is 3.26. The minimum Gasteiger partial charge on any atom is -0.337 e. The van der Waals surface area contributed by atoms with Crippen LogP contribution in [0.25, 0.3) is 0 Å². The average molecular weight is 356 g/mol. The normalized spacial score (nSPS) is 17.6. The van der Waals surface area contributed by atoms with E-state index in [-0.39, 0.29) is 17.9 Å². The molecule has 0 aliphatic carbocycles. The summed E-state index contributed by atoms with van der Waals surface area (Å²) in [7, 11) is 0. The van der Waals surface area contributed by atoms with Crippen molar-refractivity contribution in [3.8, 4) is 0 Å². The van der Waals surface area contributed by atoms with Crippen molar-refractivity contribution in [2.45, 2.75) is 45.2 Å². The molecule has 1 N–H and O–H groups in total. The molecule has 132 valence electrons. The molecule has 2 aromatic rings. The number of carbonyl (C=O) groups is 2. The number of likely N-dealkylation sites (tertiary alicyclic amines) is 1. The molecule has 25 heavy (non-hydrogen) atoms. The Kier molecular flexibility index (Phi) is 4.95. The first-order chi connectivity index (χ1) is 11.9. The Balaban J connectivity index is 1.78. The van der Waals surface area contributed by atoms with Crippen LogP contribution < -0.4 is 5.32 Å². The van der Waals surface area contributed by atoms with Crippen LogP contribution in [0.5, 0.6) is 0 Å². The summed E-state index contributed by atoms with van der Waals surface area (Å²) in [6, 6.07) is 11.9. The third kappa shape index (κ3) is 3.61. The molecule has 5 heteroatoms. The summed E-state index contributed by atoms with van der Waals surface area (Å²) in [5.74, 6) is -0.219. The smallest absolute Gasteiger partial charge is 0.262 e. The highest BCUT2D eigenvalue weighted by Crippen LogP contribution is 2.35. The van der Waals surface area contributed by atoms with Gasteiger partial charge < -0.3 is 10.2 Å². The van der Waals surface area contributed by atoms with E-state index in [0.717, 1.165) is 19.4 Å². The van der Waals surface area contributed by atoms with Crippen molar-refractivity contribution in [2.24, 2.45) is 0 Å². The van der Waals surface area contributed by atoms with Gasteiger partial charge >= 0.3 is 0 Å². The number of amides is 2. The van der Waals surface area contributed by atoms with Gasteiger partial charge in [0.1, 0.15) is 5.54 Å². The lowest BCUT2D eigenvalue weighted by molar-refractivity contribution is -0.137. The summed E-state index contributed by atoms with van der Waals surface area (Å²) in [5.41, 5.74) is 1.47. The molecular weight excluding hydrogens is 332 g/mol. The number of nitrogens with zero attached hydrogens (tertiary/aromatic N) is 1. The van der Waals surface area contributed by atoms with Gasteiger partial charge in [0.15, 0.2) is 0 Å². The Morgan fingerprint density at radius 1 is 1.20 bits per heavy atom. The highest BCUT2D eigenvalue weighted by molar-refractivity contribution is 7.12. The lowest BCUT2D eigenvalue weighted by Gasteiger charge is -2.34. The minimum atomic E-state index is -0.938. The van der Waals surface area contributed by atoms with Gasteiger partial charge in [0.2, 0.25) is 5.91 Å². The van der Waals surface area contributed by atoms with Crippen LogP contribution in [0.15, 0.2) is 41.8 Å². The van der Waals surface area contributed by atoms with Crippen LogP contribution in [0.3, 0.4) is 0 Å². The molecule has 1 aliphatic rings. The van der Waals surface area contributed by atoms with E-state index in [4.69, 9.17) is 0 Å². The third-order valence-corrected chi connectivity index (χ3v) is 5.64. The molecule has 1 fully saturated rings. The second kappa shape index (κ2) is 7.00. The van der Waals surface area contributed by atoms with Gasteiger partial charge in [-0.2, -0.15) is 0 Å². The Labute approximate surface area is 152 Å². The molecule has 0 radical (unpaired) electrons. The highest BCUT2D eigenvalue weighted by atomic mass is 32.1. The first kappa shape index (κ1) is 17.7. The maximum atomic E-state index is 13.2. The minimum absolute atomic E-state index is 0.0249. The van der Waals surface area contributed by atoms with Gasteiger partial charge in [0.25, 0.3) is 5.91 Å². The van der Waals surface area contributed by atoms with E-state index in [1.807, 2.05) is 28.5 Å². The van der Waals surface area contributed by atoms with Gasteiger partial charge in [0, 0.05) is 6.54 Å². The summed E-state index contributed by atoms with van der Waals surface area (Å²) in [6.07, 6.45) is 1.95. The van der Waals surface area contributed by atoms with Crippen molar-refractivity contribution >= 4 is 23.2 Å². The quantitative estimate of drug-likeness (QED) is 0.902. The first-order valence-corrected chi connectivity index (χ1v) is 9.51. The van der Waals surface area contributed by atoms with Crippen molar-refractivity contribution in [2.75, 3.05) is 6.54 Å². The molecule has 1 atom stereocenters. The molecule has 0 saturated carbocycles. The van der Waals surface area contributed by atoms with E-state index in [1.54, 1.807) is 19.9 Å². The maximum absolute atomic E-state index is 13.2. The summed E-state index contributed by atoms with van der Waals surface area (Å²) in [4.78, 5) is 28.1. The third-order valence-electron chi connectivity index (χ3n) is 4.77. The fourth-order valence-corrected chi connectivity index (χ4v) is 4.08. The highest BCUT2D eigenvalue weighted by Gasteiger charge is 2.39. The topological polar surface area (TPSA) is 49.4 Å². The molecule has 0 spiro atoms. The summed E-state index contributed by atoms with van der Waals surface area (Å²) in [5, 5.41) is 4.76. The van der Waals surface area contributed by atoms with Crippen LogP contribution in [0.2, 0.25) is 0 Å². The van der Waals surface area contributed by atoms with Gasteiger partial charge in [-0.05, 0) is 56.2 Å². The number of benzene rings is 1. The number of carbonyl (C=O) groups excluding carboxylic acids is 2. The van der Waals surface area contributed by atoms with Crippen LogP contribution in [-0.2, 0) is 4.79 Å². The number of hydrogen-bond donors (Lipinski definition) is 1. The van der Waals surface area contributed by atoms with Crippen LogP contribution in [0.4, 0.5) is 0 Å². The molecule has 4 nitrogen and oxygen atoms in total. The van der Waals surface area contributed by atoms with E-state index in [1.165, 1.54) is 22.5 Å². The second-order valence-electron chi connectivity index (χ2n) is 7.07. The van der Waals surface area contributed by atoms with Crippen molar-refractivity contribution in [3.63, 3.8) is 0 Å². The van der Waals surface area contributed by atoms with Crippen LogP contribution in [-0.4, -0.2) is 28.8 Å². The van der Waals surface area contributed by atoms with E-state index in [9.17, 15) is 9.59 Å². The maximum Gasteiger partial charge on any atom is 0.262 e. The number of hydrogen-bond acceptors (Lipinski definition) is 3. The largest absolute Gasteiger partial charge is 0.337 e.